The molecule has 4 nitrogen and oxygen atoms in total. The molecule has 2 N–H and O–H groups in total. The van der Waals surface area contributed by atoms with E-state index in [1.54, 1.807) is 31.4 Å². The van der Waals surface area contributed by atoms with Gasteiger partial charge in [0.25, 0.3) is 0 Å². The maximum atomic E-state index is 11.9. The Balaban J connectivity index is 3.01. The minimum absolute atomic E-state index is 0.274. The molecule has 0 radical (unpaired) electrons. The second-order valence-electron chi connectivity index (χ2n) is 3.37. The first kappa shape index (κ1) is 11.7. The highest BCUT2D eigenvalue weighted by Gasteiger charge is 2.28. The van der Waals surface area contributed by atoms with Crippen LogP contribution in [0.4, 0.5) is 0 Å². The first-order chi connectivity index (χ1) is 7.01. The molecule has 0 saturated heterocycles. The van der Waals surface area contributed by atoms with Crippen LogP contribution in [0.15, 0.2) is 24.3 Å². The molecule has 1 aromatic carbocycles. The molecule has 0 aliphatic carbocycles. The number of hydrogen-bond donors (Lipinski definition) is 1. The number of carbonyl (C=O) groups is 1. The molecular formula is C11H15NO3. The number of hydrogen-bond acceptors (Lipinski definition) is 4. The van der Waals surface area contributed by atoms with E-state index >= 15 is 0 Å². The molecule has 0 aliphatic rings. The molecule has 0 heterocycles. The molecule has 82 valence electrons. The predicted octanol–water partition coefficient (Wildman–Crippen LogP) is 1.20. The van der Waals surface area contributed by atoms with Crippen molar-refractivity contribution in [1.82, 2.24) is 0 Å². The van der Waals surface area contributed by atoms with E-state index in [4.69, 9.17) is 15.2 Å². The van der Waals surface area contributed by atoms with Gasteiger partial charge in [-0.3, -0.25) is 10.5 Å². The van der Waals surface area contributed by atoms with Gasteiger partial charge in [-0.25, -0.2) is 0 Å². The predicted molar refractivity (Wildman–Crippen MR) is 56.9 cm³/mol. The van der Waals surface area contributed by atoms with Gasteiger partial charge in [-0.1, -0.05) is 12.1 Å². The summed E-state index contributed by atoms with van der Waals surface area (Å²) in [5.41, 5.74) is 4.84. The molecule has 4 heteroatoms. The third kappa shape index (κ3) is 2.55. The van der Waals surface area contributed by atoms with Gasteiger partial charge >= 0.3 is 0 Å². The zero-order valence-corrected chi connectivity index (χ0v) is 9.11. The Morgan fingerprint density at radius 3 is 2.60 bits per heavy atom. The number of nitrogens with two attached hydrogens (primary N) is 1. The molecule has 1 rings (SSSR count). The topological polar surface area (TPSA) is 61.5 Å². The zero-order valence-electron chi connectivity index (χ0n) is 9.11. The third-order valence-electron chi connectivity index (χ3n) is 2.21. The van der Waals surface area contributed by atoms with Crippen molar-refractivity contribution in [2.75, 3.05) is 14.2 Å². The highest BCUT2D eigenvalue weighted by atomic mass is 16.5. The van der Waals surface area contributed by atoms with Crippen molar-refractivity contribution in [3.63, 3.8) is 0 Å². The summed E-state index contributed by atoms with van der Waals surface area (Å²) in [7, 11) is 2.94. The van der Waals surface area contributed by atoms with Gasteiger partial charge < -0.3 is 9.47 Å². The van der Waals surface area contributed by atoms with Gasteiger partial charge in [0.05, 0.1) is 7.11 Å². The summed E-state index contributed by atoms with van der Waals surface area (Å²) >= 11 is 0. The largest absolute Gasteiger partial charge is 0.497 e. The standard InChI is InChI=1S/C11H15NO3/c1-11(12,15-3)10(13)8-5-4-6-9(7-8)14-2/h4-7H,12H2,1-3H3. The number of carbonyl (C=O) groups excluding carboxylic acids is 1. The van der Waals surface area contributed by atoms with Crippen molar-refractivity contribution in [2.45, 2.75) is 12.6 Å². The lowest BCUT2D eigenvalue weighted by molar-refractivity contribution is 0.0161. The molecule has 0 fully saturated rings. The molecule has 0 aliphatic heterocycles. The lowest BCUT2D eigenvalue weighted by Gasteiger charge is -2.21. The Kier molecular flexibility index (Phi) is 3.44. The van der Waals surface area contributed by atoms with Crippen LogP contribution < -0.4 is 10.5 Å². The fraction of sp³-hybridized carbons (Fsp3) is 0.364. The molecule has 0 amide bonds. The Morgan fingerprint density at radius 2 is 2.07 bits per heavy atom. The number of benzene rings is 1. The van der Waals surface area contributed by atoms with Crippen LogP contribution >= 0.6 is 0 Å². The van der Waals surface area contributed by atoms with E-state index in [0.717, 1.165) is 0 Å². The Morgan fingerprint density at radius 1 is 1.40 bits per heavy atom. The van der Waals surface area contributed by atoms with Gasteiger partial charge in [-0.05, 0) is 19.1 Å². The number of Topliss-reactive ketones (excluding diaryl/α,β-unsaturated/α-hetero) is 1. The van der Waals surface area contributed by atoms with Crippen LogP contribution in [0.1, 0.15) is 17.3 Å². The van der Waals surface area contributed by atoms with E-state index in [1.165, 1.54) is 14.0 Å². The number of methoxy groups -OCH3 is 2. The normalized spacial score (nSPS) is 14.4. The second-order valence-corrected chi connectivity index (χ2v) is 3.37. The summed E-state index contributed by atoms with van der Waals surface area (Å²) in [6, 6.07) is 6.80. The lowest BCUT2D eigenvalue weighted by atomic mass is 10.0. The van der Waals surface area contributed by atoms with Crippen LogP contribution in [0, 0.1) is 0 Å². The molecule has 1 aromatic rings. The van der Waals surface area contributed by atoms with Gasteiger partial charge in [0.15, 0.2) is 5.72 Å². The Labute approximate surface area is 89.0 Å². The van der Waals surface area contributed by atoms with Crippen molar-refractivity contribution >= 4 is 5.78 Å². The highest BCUT2D eigenvalue weighted by molar-refractivity contribution is 6.02. The average molecular weight is 209 g/mol. The summed E-state index contributed by atoms with van der Waals surface area (Å²) in [6.45, 7) is 1.52. The molecule has 0 aromatic heterocycles. The van der Waals surface area contributed by atoms with Crippen LogP contribution in [0.3, 0.4) is 0 Å². The molecule has 15 heavy (non-hydrogen) atoms. The maximum absolute atomic E-state index is 11.9. The van der Waals surface area contributed by atoms with Gasteiger partial charge in [0.2, 0.25) is 5.78 Å². The summed E-state index contributed by atoms with van der Waals surface area (Å²) < 4.78 is 9.93. The number of ketones is 1. The lowest BCUT2D eigenvalue weighted by Crippen LogP contribution is -2.46. The molecule has 0 spiro atoms. The van der Waals surface area contributed by atoms with E-state index in [-0.39, 0.29) is 5.78 Å². The van der Waals surface area contributed by atoms with Crippen LogP contribution in [0.2, 0.25) is 0 Å². The summed E-state index contributed by atoms with van der Waals surface area (Å²) in [6.07, 6.45) is 0. The zero-order chi connectivity index (χ0) is 11.5. The van der Waals surface area contributed by atoms with E-state index in [1.807, 2.05) is 0 Å². The SMILES string of the molecule is COc1cccc(C(=O)C(C)(N)OC)c1. The van der Waals surface area contributed by atoms with Crippen molar-refractivity contribution in [1.29, 1.82) is 0 Å². The van der Waals surface area contributed by atoms with Crippen LogP contribution in [0.5, 0.6) is 5.75 Å². The molecule has 0 saturated carbocycles. The van der Waals surface area contributed by atoms with Crippen LogP contribution in [-0.2, 0) is 4.74 Å². The minimum atomic E-state index is -1.30. The first-order valence-corrected chi connectivity index (χ1v) is 4.54. The number of rotatable bonds is 4. The van der Waals surface area contributed by atoms with E-state index < -0.39 is 5.72 Å². The third-order valence-corrected chi connectivity index (χ3v) is 2.21. The van der Waals surface area contributed by atoms with E-state index in [2.05, 4.69) is 0 Å². The Bertz CT molecular complexity index is 361. The van der Waals surface area contributed by atoms with E-state index in [9.17, 15) is 4.79 Å². The summed E-state index contributed by atoms with van der Waals surface area (Å²) in [5, 5.41) is 0. The van der Waals surface area contributed by atoms with Crippen molar-refractivity contribution in [3.05, 3.63) is 29.8 Å². The second kappa shape index (κ2) is 4.42. The molecule has 1 atom stereocenters. The number of ether oxygens (including phenoxy) is 2. The van der Waals surface area contributed by atoms with Gasteiger partial charge in [-0.2, -0.15) is 0 Å². The van der Waals surface area contributed by atoms with Crippen LogP contribution in [-0.4, -0.2) is 25.7 Å². The maximum Gasteiger partial charge on any atom is 0.209 e. The van der Waals surface area contributed by atoms with E-state index in [0.29, 0.717) is 11.3 Å². The van der Waals surface area contributed by atoms with Crippen molar-refractivity contribution < 1.29 is 14.3 Å². The average Bonchev–Trinajstić information content (AvgIpc) is 2.28. The fourth-order valence-electron chi connectivity index (χ4n) is 1.14. The minimum Gasteiger partial charge on any atom is -0.497 e. The van der Waals surface area contributed by atoms with Crippen molar-refractivity contribution in [2.24, 2.45) is 5.73 Å². The summed E-state index contributed by atoms with van der Waals surface area (Å²) in [5.74, 6) is 0.344. The van der Waals surface area contributed by atoms with Gasteiger partial charge in [-0.15, -0.1) is 0 Å². The van der Waals surface area contributed by atoms with Gasteiger partial charge in [0.1, 0.15) is 5.75 Å². The molecule has 1 unspecified atom stereocenters. The fourth-order valence-corrected chi connectivity index (χ4v) is 1.14. The molecular weight excluding hydrogens is 194 g/mol. The first-order valence-electron chi connectivity index (χ1n) is 4.54. The van der Waals surface area contributed by atoms with Crippen molar-refractivity contribution in [3.8, 4) is 5.75 Å². The summed E-state index contributed by atoms with van der Waals surface area (Å²) in [4.78, 5) is 11.9. The van der Waals surface area contributed by atoms with Crippen LogP contribution in [0.25, 0.3) is 0 Å². The monoisotopic (exact) mass is 209 g/mol. The van der Waals surface area contributed by atoms with Gasteiger partial charge in [0, 0.05) is 12.7 Å². The highest BCUT2D eigenvalue weighted by Crippen LogP contribution is 2.17. The molecule has 0 bridgehead atoms. The quantitative estimate of drug-likeness (QED) is 0.598. The smallest absolute Gasteiger partial charge is 0.209 e. The Hall–Kier alpha value is -1.39.